The van der Waals surface area contributed by atoms with E-state index in [4.69, 9.17) is 10.1 Å². The summed E-state index contributed by atoms with van der Waals surface area (Å²) >= 11 is 0. The lowest BCUT2D eigenvalue weighted by Crippen LogP contribution is -2.09. The molecule has 0 aliphatic rings. The summed E-state index contributed by atoms with van der Waals surface area (Å²) in [5.41, 5.74) is 3.13. The van der Waals surface area contributed by atoms with Crippen molar-refractivity contribution < 1.29 is 0 Å². The first-order chi connectivity index (χ1) is 14.5. The van der Waals surface area contributed by atoms with Crippen molar-refractivity contribution in [2.45, 2.75) is 47.1 Å². The molecule has 4 aromatic rings. The molecular formula is C22H28N8. The first kappa shape index (κ1) is 20.0. The van der Waals surface area contributed by atoms with Gasteiger partial charge in [0.1, 0.15) is 5.82 Å². The molecule has 0 saturated carbocycles. The van der Waals surface area contributed by atoms with Crippen LogP contribution in [0.15, 0.2) is 42.6 Å². The number of tetrazole rings is 1. The lowest BCUT2D eigenvalue weighted by Gasteiger charge is -2.10. The number of H-pyrrole nitrogens is 1. The van der Waals surface area contributed by atoms with E-state index in [1.165, 1.54) is 5.56 Å². The van der Waals surface area contributed by atoms with Crippen molar-refractivity contribution in [2.75, 3.05) is 0 Å². The number of nitrogens with one attached hydrogen (secondary N) is 1. The van der Waals surface area contributed by atoms with Crippen LogP contribution in [0.1, 0.15) is 44.9 Å². The molecule has 3 aromatic heterocycles. The Hall–Kier alpha value is -3.29. The average molecular weight is 405 g/mol. The number of rotatable bonds is 8. The molecule has 0 aliphatic heterocycles. The van der Waals surface area contributed by atoms with E-state index in [2.05, 4.69) is 81.8 Å². The fourth-order valence-electron chi connectivity index (χ4n) is 3.51. The Labute approximate surface area is 176 Å². The lowest BCUT2D eigenvalue weighted by molar-refractivity contribution is 0.560. The number of nitrogens with zero attached hydrogens (tertiary/aromatic N) is 7. The maximum Gasteiger partial charge on any atom is 0.221 e. The molecule has 156 valence electrons. The van der Waals surface area contributed by atoms with Crippen LogP contribution < -0.4 is 0 Å². The van der Waals surface area contributed by atoms with Crippen LogP contribution in [0.3, 0.4) is 0 Å². The van der Waals surface area contributed by atoms with Crippen molar-refractivity contribution in [1.29, 1.82) is 0 Å². The molecule has 8 nitrogen and oxygen atoms in total. The second-order valence-electron chi connectivity index (χ2n) is 8.46. The summed E-state index contributed by atoms with van der Waals surface area (Å²) in [5.74, 6) is 3.66. The Kier molecular flexibility index (Phi) is 5.74. The maximum atomic E-state index is 4.81. The molecule has 0 atom stereocenters. The Morgan fingerprint density at radius 3 is 2.40 bits per heavy atom. The normalized spacial score (nSPS) is 11.7. The summed E-state index contributed by atoms with van der Waals surface area (Å²) in [5, 5.41) is 19.1. The van der Waals surface area contributed by atoms with E-state index in [9.17, 15) is 0 Å². The molecule has 1 N–H and O–H groups in total. The largest absolute Gasteiger partial charge is 0.314 e. The van der Waals surface area contributed by atoms with Gasteiger partial charge in [0.15, 0.2) is 5.82 Å². The summed E-state index contributed by atoms with van der Waals surface area (Å²) < 4.78 is 4.11. The summed E-state index contributed by atoms with van der Waals surface area (Å²) in [4.78, 5) is 4.81. The zero-order valence-electron chi connectivity index (χ0n) is 17.9. The minimum atomic E-state index is 0.541. The zero-order chi connectivity index (χ0) is 21.1. The number of hydrogen-bond acceptors (Lipinski definition) is 5. The van der Waals surface area contributed by atoms with Crippen molar-refractivity contribution in [1.82, 2.24) is 40.0 Å². The van der Waals surface area contributed by atoms with Gasteiger partial charge in [-0.1, -0.05) is 39.8 Å². The molecule has 30 heavy (non-hydrogen) atoms. The van der Waals surface area contributed by atoms with E-state index in [1.54, 1.807) is 0 Å². The predicted octanol–water partition coefficient (Wildman–Crippen LogP) is 3.69. The van der Waals surface area contributed by atoms with Gasteiger partial charge in [0, 0.05) is 24.7 Å². The van der Waals surface area contributed by atoms with Crippen LogP contribution in [0.4, 0.5) is 0 Å². The van der Waals surface area contributed by atoms with E-state index in [1.807, 2.05) is 18.3 Å². The van der Waals surface area contributed by atoms with Crippen molar-refractivity contribution in [3.63, 3.8) is 0 Å². The summed E-state index contributed by atoms with van der Waals surface area (Å²) in [7, 11) is 0. The molecule has 0 saturated heterocycles. The predicted molar refractivity (Wildman–Crippen MR) is 115 cm³/mol. The zero-order valence-corrected chi connectivity index (χ0v) is 17.9. The highest BCUT2D eigenvalue weighted by Crippen LogP contribution is 2.21. The highest BCUT2D eigenvalue weighted by Gasteiger charge is 2.14. The third-order valence-corrected chi connectivity index (χ3v) is 4.84. The van der Waals surface area contributed by atoms with Gasteiger partial charge in [-0.2, -0.15) is 10.3 Å². The van der Waals surface area contributed by atoms with E-state index < -0.39 is 0 Å². The van der Waals surface area contributed by atoms with Crippen LogP contribution >= 0.6 is 0 Å². The van der Waals surface area contributed by atoms with Crippen molar-refractivity contribution in [3.8, 4) is 17.2 Å². The Balaban J connectivity index is 1.56. The summed E-state index contributed by atoms with van der Waals surface area (Å²) in [6.07, 6.45) is 3.83. The highest BCUT2D eigenvalue weighted by atomic mass is 15.5. The standard InChI is InChI=1S/C22H28N8/c1-15(2)12-20-23-21(13-16(3)4)30(26-20)14-17-7-9-18(10-8-17)29-11-5-6-19(29)22-24-27-28-25-22/h5-11,15-16H,12-14H2,1-4H3,(H,24,25,27,28). The Morgan fingerprint density at radius 1 is 0.967 bits per heavy atom. The third kappa shape index (κ3) is 4.48. The highest BCUT2D eigenvalue weighted by molar-refractivity contribution is 5.54. The molecule has 0 radical (unpaired) electrons. The average Bonchev–Trinajstić information content (AvgIpc) is 3.43. The molecule has 4 rings (SSSR count). The number of benzene rings is 1. The van der Waals surface area contributed by atoms with Gasteiger partial charge >= 0.3 is 0 Å². The topological polar surface area (TPSA) is 90.1 Å². The first-order valence-corrected chi connectivity index (χ1v) is 10.4. The van der Waals surface area contributed by atoms with Crippen LogP contribution in [0, 0.1) is 11.8 Å². The van der Waals surface area contributed by atoms with Gasteiger partial charge in [-0.05, 0) is 46.9 Å². The van der Waals surface area contributed by atoms with Gasteiger partial charge in [0.25, 0.3) is 0 Å². The molecule has 0 unspecified atom stereocenters. The monoisotopic (exact) mass is 404 g/mol. The van der Waals surface area contributed by atoms with Gasteiger partial charge in [0.05, 0.1) is 12.2 Å². The second-order valence-corrected chi connectivity index (χ2v) is 8.46. The van der Waals surface area contributed by atoms with E-state index in [0.29, 0.717) is 17.7 Å². The molecule has 0 bridgehead atoms. The number of aromatic amines is 1. The molecule has 0 aliphatic carbocycles. The minimum Gasteiger partial charge on any atom is -0.314 e. The molecular weight excluding hydrogens is 376 g/mol. The van der Waals surface area contributed by atoms with E-state index >= 15 is 0 Å². The molecule has 0 amide bonds. The van der Waals surface area contributed by atoms with Gasteiger partial charge < -0.3 is 4.57 Å². The van der Waals surface area contributed by atoms with Crippen molar-refractivity contribution >= 4 is 0 Å². The summed E-state index contributed by atoms with van der Waals surface area (Å²) in [6, 6.07) is 12.4. The quantitative estimate of drug-likeness (QED) is 0.484. The van der Waals surface area contributed by atoms with E-state index in [0.717, 1.165) is 42.4 Å². The smallest absolute Gasteiger partial charge is 0.221 e. The van der Waals surface area contributed by atoms with Crippen molar-refractivity contribution in [2.24, 2.45) is 11.8 Å². The minimum absolute atomic E-state index is 0.541. The lowest BCUT2D eigenvalue weighted by atomic mass is 10.1. The van der Waals surface area contributed by atoms with Crippen LogP contribution in [0.5, 0.6) is 0 Å². The molecule has 8 heteroatoms. The van der Waals surface area contributed by atoms with Gasteiger partial charge in [-0.25, -0.2) is 9.67 Å². The van der Waals surface area contributed by atoms with Gasteiger partial charge in [-0.15, -0.1) is 10.2 Å². The fraction of sp³-hybridized carbons (Fsp3) is 0.409. The maximum absolute atomic E-state index is 4.81. The number of hydrogen-bond donors (Lipinski definition) is 1. The number of aromatic nitrogens is 8. The SMILES string of the molecule is CC(C)Cc1nc(CC(C)C)n(Cc2ccc(-n3cccc3-c3nn[nH]n3)cc2)n1. The van der Waals surface area contributed by atoms with Crippen LogP contribution in [0.2, 0.25) is 0 Å². The van der Waals surface area contributed by atoms with Crippen LogP contribution in [0.25, 0.3) is 17.2 Å². The third-order valence-electron chi connectivity index (χ3n) is 4.84. The molecule has 0 spiro atoms. The van der Waals surface area contributed by atoms with Crippen LogP contribution in [-0.2, 0) is 19.4 Å². The van der Waals surface area contributed by atoms with Gasteiger partial charge in [0.2, 0.25) is 5.82 Å². The van der Waals surface area contributed by atoms with Crippen LogP contribution in [-0.4, -0.2) is 40.0 Å². The van der Waals surface area contributed by atoms with E-state index in [-0.39, 0.29) is 0 Å². The molecule has 0 fully saturated rings. The summed E-state index contributed by atoms with van der Waals surface area (Å²) in [6.45, 7) is 9.55. The molecule has 3 heterocycles. The first-order valence-electron chi connectivity index (χ1n) is 10.4. The molecule has 1 aromatic carbocycles. The Bertz CT molecular complexity index is 1070. The second kappa shape index (κ2) is 8.61. The van der Waals surface area contributed by atoms with Crippen molar-refractivity contribution in [3.05, 3.63) is 59.8 Å². The van der Waals surface area contributed by atoms with Gasteiger partial charge in [-0.3, -0.25) is 0 Å². The fourth-order valence-corrected chi connectivity index (χ4v) is 3.51. The Morgan fingerprint density at radius 2 is 1.73 bits per heavy atom.